The summed E-state index contributed by atoms with van der Waals surface area (Å²) in [6, 6.07) is 0.383. The van der Waals surface area contributed by atoms with E-state index < -0.39 is 0 Å². The van der Waals surface area contributed by atoms with Crippen LogP contribution in [0.5, 0.6) is 0 Å². The SMILES string of the molecule is CCN1CCC[C@@H](CN(C)CC(=O)N2C[C@@H](C)O[C@@H](C)C2)[C@@H]1c1cnn(C)c1. The molecule has 0 radical (unpaired) electrons. The average molecular weight is 392 g/mol. The summed E-state index contributed by atoms with van der Waals surface area (Å²) >= 11 is 0. The zero-order valence-electron chi connectivity index (χ0n) is 18.2. The molecule has 2 saturated heterocycles. The minimum Gasteiger partial charge on any atom is -0.372 e. The van der Waals surface area contributed by atoms with Gasteiger partial charge in [0.25, 0.3) is 0 Å². The van der Waals surface area contributed by atoms with Gasteiger partial charge in [0.2, 0.25) is 5.91 Å². The van der Waals surface area contributed by atoms with E-state index in [0.717, 1.165) is 19.6 Å². The van der Waals surface area contributed by atoms with Gasteiger partial charge in [-0.2, -0.15) is 5.10 Å². The summed E-state index contributed by atoms with van der Waals surface area (Å²) in [6.45, 7) is 11.3. The molecule has 158 valence electrons. The Kier molecular flexibility index (Phi) is 7.12. The summed E-state index contributed by atoms with van der Waals surface area (Å²) in [6.07, 6.45) is 6.80. The normalized spacial score (nSPS) is 29.4. The fourth-order valence-corrected chi connectivity index (χ4v) is 4.95. The number of aromatic nitrogens is 2. The number of rotatable bonds is 6. The van der Waals surface area contributed by atoms with Crippen LogP contribution in [0.25, 0.3) is 0 Å². The minimum absolute atomic E-state index is 0.115. The van der Waals surface area contributed by atoms with E-state index in [0.29, 0.717) is 31.6 Å². The molecular weight excluding hydrogens is 354 g/mol. The number of carbonyl (C=O) groups excluding carboxylic acids is 1. The molecule has 1 aromatic heterocycles. The van der Waals surface area contributed by atoms with Crippen molar-refractivity contribution in [2.45, 2.75) is 51.9 Å². The maximum atomic E-state index is 12.8. The van der Waals surface area contributed by atoms with Crippen LogP contribution in [0.3, 0.4) is 0 Å². The number of nitrogens with zero attached hydrogens (tertiary/aromatic N) is 5. The van der Waals surface area contributed by atoms with Crippen LogP contribution in [-0.4, -0.2) is 88.9 Å². The minimum atomic E-state index is 0.115. The molecule has 7 nitrogen and oxygen atoms in total. The lowest BCUT2D eigenvalue weighted by Crippen LogP contribution is -2.51. The predicted octanol–water partition coefficient (Wildman–Crippen LogP) is 1.76. The van der Waals surface area contributed by atoms with Crippen LogP contribution in [0, 0.1) is 5.92 Å². The van der Waals surface area contributed by atoms with Gasteiger partial charge in [-0.3, -0.25) is 19.3 Å². The topological polar surface area (TPSA) is 53.8 Å². The molecule has 0 aliphatic carbocycles. The number of piperidine rings is 1. The van der Waals surface area contributed by atoms with E-state index in [9.17, 15) is 4.79 Å². The Morgan fingerprint density at radius 1 is 1.32 bits per heavy atom. The van der Waals surface area contributed by atoms with Crippen molar-refractivity contribution in [2.24, 2.45) is 13.0 Å². The summed E-state index contributed by atoms with van der Waals surface area (Å²) < 4.78 is 7.65. The molecule has 1 aromatic rings. The molecule has 2 aliphatic heterocycles. The first-order valence-corrected chi connectivity index (χ1v) is 10.7. The number of hydrogen-bond acceptors (Lipinski definition) is 5. The van der Waals surface area contributed by atoms with Crippen LogP contribution in [0.2, 0.25) is 0 Å². The maximum Gasteiger partial charge on any atom is 0.236 e. The summed E-state index contributed by atoms with van der Waals surface area (Å²) in [5.74, 6) is 0.726. The van der Waals surface area contributed by atoms with E-state index in [1.165, 1.54) is 18.4 Å². The molecule has 3 rings (SSSR count). The zero-order valence-corrected chi connectivity index (χ0v) is 18.2. The van der Waals surface area contributed by atoms with Crippen LogP contribution >= 0.6 is 0 Å². The van der Waals surface area contributed by atoms with E-state index in [1.54, 1.807) is 0 Å². The van der Waals surface area contributed by atoms with Gasteiger partial charge in [0.15, 0.2) is 0 Å². The summed E-state index contributed by atoms with van der Waals surface area (Å²) in [5.41, 5.74) is 1.30. The van der Waals surface area contributed by atoms with Crippen molar-refractivity contribution in [2.75, 3.05) is 46.3 Å². The number of hydrogen-bond donors (Lipinski definition) is 0. The molecule has 0 bridgehead atoms. The molecule has 7 heteroatoms. The number of aryl methyl sites for hydroxylation is 1. The van der Waals surface area contributed by atoms with Gasteiger partial charge < -0.3 is 9.64 Å². The average Bonchev–Trinajstić information content (AvgIpc) is 3.06. The molecule has 28 heavy (non-hydrogen) atoms. The Morgan fingerprint density at radius 2 is 2.04 bits per heavy atom. The first-order chi connectivity index (χ1) is 13.4. The van der Waals surface area contributed by atoms with Crippen molar-refractivity contribution in [1.82, 2.24) is 24.5 Å². The number of carbonyl (C=O) groups is 1. The molecular formula is C21H37N5O2. The highest BCUT2D eigenvalue weighted by molar-refractivity contribution is 5.78. The lowest BCUT2D eigenvalue weighted by atomic mass is 9.85. The standard InChI is InChI=1S/C21H37N5O2/c1-6-25-9-7-8-18(21(25)19-10-22-24(5)14-19)13-23(4)15-20(27)26-11-16(2)28-17(3)12-26/h10,14,16-18,21H,6-9,11-13,15H2,1-5H3/t16-,17+,18-,21+/m0/s1. The Hall–Kier alpha value is -1.44. The van der Waals surface area contributed by atoms with Crippen molar-refractivity contribution in [3.63, 3.8) is 0 Å². The number of likely N-dealkylation sites (N-methyl/N-ethyl adjacent to an activating group) is 1. The molecule has 0 saturated carbocycles. The first kappa shape index (κ1) is 21.3. The molecule has 0 N–H and O–H groups in total. The number of amides is 1. The Bertz CT molecular complexity index is 638. The maximum absolute atomic E-state index is 12.8. The van der Waals surface area contributed by atoms with Gasteiger partial charge in [-0.1, -0.05) is 6.92 Å². The highest BCUT2D eigenvalue weighted by atomic mass is 16.5. The molecule has 1 amide bonds. The second kappa shape index (κ2) is 9.37. The number of likely N-dealkylation sites (tertiary alicyclic amines) is 1. The van der Waals surface area contributed by atoms with Gasteiger partial charge >= 0.3 is 0 Å². The van der Waals surface area contributed by atoms with Crippen molar-refractivity contribution in [1.29, 1.82) is 0 Å². The van der Waals surface area contributed by atoms with E-state index in [4.69, 9.17) is 4.74 Å². The molecule has 2 aliphatic rings. The Morgan fingerprint density at radius 3 is 2.64 bits per heavy atom. The third-order valence-corrected chi connectivity index (χ3v) is 6.06. The summed E-state index contributed by atoms with van der Waals surface area (Å²) in [4.78, 5) is 19.6. The van der Waals surface area contributed by atoms with E-state index in [-0.39, 0.29) is 18.1 Å². The third-order valence-electron chi connectivity index (χ3n) is 6.06. The van der Waals surface area contributed by atoms with Crippen molar-refractivity contribution in [3.05, 3.63) is 18.0 Å². The van der Waals surface area contributed by atoms with Crippen LogP contribution in [-0.2, 0) is 16.6 Å². The summed E-state index contributed by atoms with van der Waals surface area (Å²) in [7, 11) is 4.06. The highest BCUT2D eigenvalue weighted by Gasteiger charge is 2.34. The van der Waals surface area contributed by atoms with E-state index >= 15 is 0 Å². The van der Waals surface area contributed by atoms with Gasteiger partial charge in [0.1, 0.15) is 0 Å². The monoisotopic (exact) mass is 391 g/mol. The zero-order chi connectivity index (χ0) is 20.3. The van der Waals surface area contributed by atoms with Crippen LogP contribution in [0.1, 0.15) is 45.2 Å². The molecule has 0 spiro atoms. The Balaban J connectivity index is 1.62. The number of morpholine rings is 1. The van der Waals surface area contributed by atoms with Crippen molar-refractivity contribution < 1.29 is 9.53 Å². The van der Waals surface area contributed by atoms with E-state index in [1.807, 2.05) is 36.7 Å². The smallest absolute Gasteiger partial charge is 0.236 e. The lowest BCUT2D eigenvalue weighted by Gasteiger charge is -2.42. The van der Waals surface area contributed by atoms with Gasteiger partial charge in [0.05, 0.1) is 24.9 Å². The molecule has 4 atom stereocenters. The van der Waals surface area contributed by atoms with Crippen molar-refractivity contribution >= 4 is 5.91 Å². The molecule has 3 heterocycles. The second-order valence-corrected chi connectivity index (χ2v) is 8.68. The van der Waals surface area contributed by atoms with Gasteiger partial charge in [-0.05, 0) is 52.7 Å². The van der Waals surface area contributed by atoms with Crippen LogP contribution in [0.15, 0.2) is 12.4 Å². The van der Waals surface area contributed by atoms with Gasteiger partial charge in [0, 0.05) is 44.5 Å². The Labute approximate surface area is 169 Å². The third kappa shape index (κ3) is 5.13. The van der Waals surface area contributed by atoms with Crippen molar-refractivity contribution in [3.8, 4) is 0 Å². The molecule has 0 aromatic carbocycles. The summed E-state index contributed by atoms with van der Waals surface area (Å²) in [5, 5.41) is 4.40. The highest BCUT2D eigenvalue weighted by Crippen LogP contribution is 2.36. The largest absolute Gasteiger partial charge is 0.372 e. The lowest BCUT2D eigenvalue weighted by molar-refractivity contribution is -0.144. The van der Waals surface area contributed by atoms with Gasteiger partial charge in [-0.25, -0.2) is 0 Å². The van der Waals surface area contributed by atoms with Crippen LogP contribution < -0.4 is 0 Å². The fraction of sp³-hybridized carbons (Fsp3) is 0.810. The second-order valence-electron chi connectivity index (χ2n) is 8.68. The molecule has 2 fully saturated rings. The fourth-order valence-electron chi connectivity index (χ4n) is 4.95. The van der Waals surface area contributed by atoms with Crippen LogP contribution in [0.4, 0.5) is 0 Å². The predicted molar refractivity (Wildman–Crippen MR) is 110 cm³/mol. The number of ether oxygens (including phenoxy) is 1. The van der Waals surface area contributed by atoms with Gasteiger partial charge in [-0.15, -0.1) is 0 Å². The van der Waals surface area contributed by atoms with E-state index in [2.05, 4.69) is 35.1 Å². The molecule has 0 unspecified atom stereocenters. The first-order valence-electron chi connectivity index (χ1n) is 10.7. The quantitative estimate of drug-likeness (QED) is 0.740.